The molecule has 0 aromatic rings. The van der Waals surface area contributed by atoms with E-state index in [0.717, 1.165) is 0 Å². The van der Waals surface area contributed by atoms with Gasteiger partial charge in [0, 0.05) is 0 Å². The molecule has 0 saturated heterocycles. The van der Waals surface area contributed by atoms with E-state index in [9.17, 15) is 0 Å². The van der Waals surface area contributed by atoms with E-state index < -0.39 is 4.63 Å². The Morgan fingerprint density at radius 2 is 0.800 bits per heavy atom. The monoisotopic (exact) mass is 306 g/mol. The summed E-state index contributed by atoms with van der Waals surface area (Å²) in [6.07, 6.45) is 17.8. The Hall–Kier alpha value is 1.22. The normalized spacial score (nSPS) is 12.1. The van der Waals surface area contributed by atoms with Gasteiger partial charge in [0.2, 0.25) is 0 Å². The minimum atomic E-state index is -0.761. The van der Waals surface area contributed by atoms with Crippen LogP contribution < -0.4 is 0 Å². The van der Waals surface area contributed by atoms with Crippen molar-refractivity contribution in [3.8, 4) is 0 Å². The van der Waals surface area contributed by atoms with E-state index in [-0.39, 0.29) is 0 Å². The first kappa shape index (κ1) is 21.2. The molecule has 0 aromatic heterocycles. The van der Waals surface area contributed by atoms with Crippen LogP contribution in [-0.2, 0) is 0 Å². The second-order valence-electron chi connectivity index (χ2n) is 7.24. The molecule has 0 N–H and O–H groups in total. The van der Waals surface area contributed by atoms with Crippen LogP contribution in [0.15, 0.2) is 0 Å². The molecule has 0 saturated carbocycles. The van der Waals surface area contributed by atoms with Gasteiger partial charge in [-0.2, -0.15) is 0 Å². The molecule has 0 atom stereocenters. The third-order valence-corrected chi connectivity index (χ3v) is 14.1. The van der Waals surface area contributed by atoms with Gasteiger partial charge in [-0.15, -0.1) is 0 Å². The molecule has 0 spiro atoms. The molecule has 0 aliphatic rings. The predicted molar refractivity (Wildman–Crippen MR) is 98.4 cm³/mol. The van der Waals surface area contributed by atoms with Crippen LogP contribution in [0.3, 0.4) is 0 Å². The summed E-state index contributed by atoms with van der Waals surface area (Å²) in [6.45, 7) is 7.00. The molecule has 0 aliphatic heterocycles. The number of unbranched alkanes of at least 4 members (excludes halogenated alkanes) is 9. The van der Waals surface area contributed by atoms with Crippen molar-refractivity contribution < 1.29 is 0 Å². The summed E-state index contributed by atoms with van der Waals surface area (Å²) in [7, 11) is 0. The maximum absolute atomic E-state index is 2.33. The van der Waals surface area contributed by atoms with Crippen LogP contribution in [0.2, 0.25) is 18.1 Å². The Balaban J connectivity index is 3.98. The number of hydrogen-bond acceptors (Lipinski definition) is 0. The molecule has 0 fully saturated rings. The molecule has 0 aromatic carbocycles. The zero-order valence-corrected chi connectivity index (χ0v) is 18.1. The van der Waals surface area contributed by atoms with Crippen LogP contribution in [0.5, 0.6) is 0 Å². The summed E-state index contributed by atoms with van der Waals surface area (Å²) in [4.78, 5) is 0. The fourth-order valence-electron chi connectivity index (χ4n) is 3.31. The van der Waals surface area contributed by atoms with Crippen LogP contribution in [0.4, 0.5) is 0 Å². The third kappa shape index (κ3) is 12.9. The van der Waals surface area contributed by atoms with E-state index in [1.54, 1.807) is 64.4 Å². The van der Waals surface area contributed by atoms with Gasteiger partial charge in [0.15, 0.2) is 0 Å². The van der Waals surface area contributed by atoms with Crippen molar-refractivity contribution in [3.63, 3.8) is 0 Å². The summed E-state index contributed by atoms with van der Waals surface area (Å²) in [6, 6.07) is 5.03. The molecular weight excluding hydrogens is 267 g/mol. The second kappa shape index (κ2) is 15.1. The van der Waals surface area contributed by atoms with Crippen LogP contribution in [-0.4, -0.2) is 31.7 Å². The molecule has 0 aliphatic carbocycles. The van der Waals surface area contributed by atoms with E-state index >= 15 is 0 Å². The van der Waals surface area contributed by atoms with Crippen molar-refractivity contribution in [2.24, 2.45) is 0 Å². The Kier molecular flexibility index (Phi) is 16.0. The van der Waals surface area contributed by atoms with Gasteiger partial charge in [0.05, 0.1) is 0 Å². The predicted octanol–water partition coefficient (Wildman–Crippen LogP) is 6.84. The number of rotatable bonds is 15. The molecule has 0 nitrogen and oxygen atoms in total. The van der Waals surface area contributed by atoms with Crippen molar-refractivity contribution in [2.45, 2.75) is 116 Å². The summed E-state index contributed by atoms with van der Waals surface area (Å²) in [5.74, 6) is 0. The van der Waals surface area contributed by atoms with Gasteiger partial charge >= 0.3 is 148 Å². The standard InChI is InChI=1S/C18H39Si.Na/c1-4-7-10-13-16-19(17-14-11-8-5-2)18-15-12-9-6-3;/h4-18H2,1-3H3;. The fourth-order valence-corrected chi connectivity index (χ4v) is 10.6. The molecule has 20 heavy (non-hydrogen) atoms. The van der Waals surface area contributed by atoms with Gasteiger partial charge in [-0.3, -0.25) is 0 Å². The van der Waals surface area contributed by atoms with E-state index in [1.165, 1.54) is 57.8 Å². The molecule has 0 radical (unpaired) electrons. The molecule has 0 amide bonds. The third-order valence-electron chi connectivity index (χ3n) is 4.90. The Labute approximate surface area is 147 Å². The van der Waals surface area contributed by atoms with Crippen LogP contribution >= 0.6 is 0 Å². The molecular formula is C18H39NaSi. The molecule has 116 valence electrons. The molecule has 2 heteroatoms. The zero-order valence-electron chi connectivity index (χ0n) is 15.1. The van der Waals surface area contributed by atoms with E-state index in [4.69, 9.17) is 0 Å². The van der Waals surface area contributed by atoms with Crippen LogP contribution in [0, 0.1) is 0 Å². The zero-order chi connectivity index (χ0) is 15.1. The molecule has 0 unspecified atom stereocenters. The maximum atomic E-state index is 2.33. The first-order chi connectivity index (χ1) is 9.68. The van der Waals surface area contributed by atoms with E-state index in [2.05, 4.69) is 20.8 Å². The van der Waals surface area contributed by atoms with Gasteiger partial charge < -0.3 is 0 Å². The summed E-state index contributed by atoms with van der Waals surface area (Å²) in [5, 5.41) is 0. The summed E-state index contributed by atoms with van der Waals surface area (Å²) < 4.78 is -0.761. The van der Waals surface area contributed by atoms with Gasteiger partial charge in [0.25, 0.3) is 0 Å². The first-order valence-electron chi connectivity index (χ1n) is 9.68. The quantitative estimate of drug-likeness (QED) is 0.229. The fraction of sp³-hybridized carbons (Fsp3) is 1.00. The van der Waals surface area contributed by atoms with Crippen molar-refractivity contribution in [3.05, 3.63) is 0 Å². The molecule has 0 rings (SSSR count). The van der Waals surface area contributed by atoms with Crippen molar-refractivity contribution in [1.82, 2.24) is 0 Å². The van der Waals surface area contributed by atoms with Gasteiger partial charge in [-0.05, 0) is 0 Å². The van der Waals surface area contributed by atoms with E-state index in [0.29, 0.717) is 0 Å². The molecule has 0 bridgehead atoms. The first-order valence-corrected chi connectivity index (χ1v) is 15.8. The van der Waals surface area contributed by atoms with E-state index in [1.807, 2.05) is 0 Å². The second-order valence-corrected chi connectivity index (χ2v) is 18.7. The SMILES string of the molecule is CCCCCC[Si]([Na])(CCCCCC)CCCCCC. The summed E-state index contributed by atoms with van der Waals surface area (Å²) >= 11 is 1.56. The Bertz CT molecular complexity index is 163. The van der Waals surface area contributed by atoms with Crippen molar-refractivity contribution in [1.29, 1.82) is 0 Å². The van der Waals surface area contributed by atoms with Crippen LogP contribution in [0.1, 0.15) is 97.8 Å². The van der Waals surface area contributed by atoms with Crippen LogP contribution in [0.25, 0.3) is 0 Å². The average Bonchev–Trinajstić information content (AvgIpc) is 2.45. The topological polar surface area (TPSA) is 0 Å². The summed E-state index contributed by atoms with van der Waals surface area (Å²) in [5.41, 5.74) is 0. The van der Waals surface area contributed by atoms with Crippen molar-refractivity contribution >= 4 is 31.7 Å². The number of hydrogen-bond donors (Lipinski definition) is 0. The average molecular weight is 307 g/mol. The van der Waals surface area contributed by atoms with Gasteiger partial charge in [0.1, 0.15) is 0 Å². The van der Waals surface area contributed by atoms with Gasteiger partial charge in [-0.25, -0.2) is 0 Å². The van der Waals surface area contributed by atoms with Crippen molar-refractivity contribution in [2.75, 3.05) is 0 Å². The Morgan fingerprint density at radius 3 is 1.05 bits per heavy atom. The minimum absolute atomic E-state index is 0.761. The molecule has 0 heterocycles. The van der Waals surface area contributed by atoms with Gasteiger partial charge in [-0.1, -0.05) is 0 Å². The Morgan fingerprint density at radius 1 is 0.500 bits per heavy atom.